The minimum absolute atomic E-state index is 0.975. The lowest BCUT2D eigenvalue weighted by atomic mass is 10.1. The van der Waals surface area contributed by atoms with Crippen LogP contribution in [0.5, 0.6) is 0 Å². The van der Waals surface area contributed by atoms with Crippen molar-refractivity contribution in [3.8, 4) is 16.9 Å². The van der Waals surface area contributed by atoms with Crippen LogP contribution in [0.25, 0.3) is 16.9 Å². The molecule has 0 spiro atoms. The van der Waals surface area contributed by atoms with Crippen molar-refractivity contribution in [1.29, 1.82) is 0 Å². The van der Waals surface area contributed by atoms with E-state index in [-0.39, 0.29) is 0 Å². The van der Waals surface area contributed by atoms with Crippen LogP contribution < -0.4 is 0 Å². The summed E-state index contributed by atoms with van der Waals surface area (Å²) in [6.45, 7) is 2.09. The van der Waals surface area contributed by atoms with Crippen molar-refractivity contribution in [2.24, 2.45) is 0 Å². The first-order valence-electron chi connectivity index (χ1n) is 6.65. The van der Waals surface area contributed by atoms with E-state index < -0.39 is 0 Å². The van der Waals surface area contributed by atoms with Gasteiger partial charge in [0, 0.05) is 5.56 Å². The molecule has 0 atom stereocenters. The summed E-state index contributed by atoms with van der Waals surface area (Å²) in [6.07, 6.45) is 2.07. The Hall–Kier alpha value is -1.52. The lowest BCUT2D eigenvalue weighted by Crippen LogP contribution is -1.97. The minimum atomic E-state index is 0.975. The van der Waals surface area contributed by atoms with Crippen molar-refractivity contribution in [2.45, 2.75) is 11.9 Å². The Morgan fingerprint density at radius 1 is 1.00 bits per heavy atom. The van der Waals surface area contributed by atoms with Crippen LogP contribution in [-0.4, -0.2) is 16.0 Å². The highest BCUT2D eigenvalue weighted by Gasteiger charge is 2.17. The molecule has 0 N–H and O–H groups in total. The number of thioether (sulfide) groups is 1. The average Bonchev–Trinajstić information content (AvgIpc) is 2.86. The fourth-order valence-electron chi connectivity index (χ4n) is 2.20. The topological polar surface area (TPSA) is 17.8 Å². The second-order valence-corrected chi connectivity index (χ2v) is 6.37. The zero-order valence-corrected chi connectivity index (χ0v) is 14.3. The molecule has 4 heteroatoms. The van der Waals surface area contributed by atoms with Crippen LogP contribution in [0, 0.1) is 6.92 Å². The number of hydrogen-bond acceptors (Lipinski definition) is 2. The van der Waals surface area contributed by atoms with Crippen LogP contribution >= 0.6 is 27.7 Å². The molecule has 3 aromatic rings. The van der Waals surface area contributed by atoms with Crippen molar-refractivity contribution in [3.63, 3.8) is 0 Å². The number of rotatable bonds is 3. The number of aromatic nitrogens is 2. The monoisotopic (exact) mass is 358 g/mol. The smallest absolute Gasteiger partial charge is 0.114 e. The summed E-state index contributed by atoms with van der Waals surface area (Å²) in [5.41, 5.74) is 4.42. The van der Waals surface area contributed by atoms with Crippen LogP contribution in [0.15, 0.2) is 64.1 Å². The molecule has 1 heterocycles. The molecule has 0 unspecified atom stereocenters. The Labute approximate surface area is 137 Å². The van der Waals surface area contributed by atoms with Gasteiger partial charge >= 0.3 is 0 Å². The molecular formula is C17H15BrN2S. The number of hydrogen-bond donors (Lipinski definition) is 0. The second-order valence-electron chi connectivity index (χ2n) is 4.79. The molecule has 0 aliphatic carbocycles. The van der Waals surface area contributed by atoms with E-state index in [0.717, 1.165) is 26.4 Å². The van der Waals surface area contributed by atoms with E-state index in [1.165, 1.54) is 5.56 Å². The summed E-state index contributed by atoms with van der Waals surface area (Å²) in [4.78, 5) is 0. The van der Waals surface area contributed by atoms with Crippen LogP contribution in [-0.2, 0) is 0 Å². The summed E-state index contributed by atoms with van der Waals surface area (Å²) < 4.78 is 3.03. The first kappa shape index (κ1) is 14.4. The minimum Gasteiger partial charge on any atom is -0.225 e. The van der Waals surface area contributed by atoms with Gasteiger partial charge in [0.2, 0.25) is 0 Å². The SMILES string of the molecule is CSc1c(Br)c(-c2ccc(C)cc2)nn1-c1ccccc1. The Morgan fingerprint density at radius 3 is 2.29 bits per heavy atom. The van der Waals surface area contributed by atoms with E-state index >= 15 is 0 Å². The van der Waals surface area contributed by atoms with Gasteiger partial charge in [0.1, 0.15) is 10.7 Å². The standard InChI is InChI=1S/C17H15BrN2S/c1-12-8-10-13(11-9-12)16-15(18)17(21-2)20(19-16)14-6-4-3-5-7-14/h3-11H,1-2H3. The first-order valence-corrected chi connectivity index (χ1v) is 8.67. The molecular weight excluding hydrogens is 344 g/mol. The van der Waals surface area contributed by atoms with E-state index in [0.29, 0.717) is 0 Å². The van der Waals surface area contributed by atoms with E-state index in [9.17, 15) is 0 Å². The molecule has 0 saturated carbocycles. The van der Waals surface area contributed by atoms with Crippen LogP contribution in [0.1, 0.15) is 5.56 Å². The molecule has 2 aromatic carbocycles. The average molecular weight is 359 g/mol. The fourth-order valence-corrected chi connectivity index (χ4v) is 3.76. The normalized spacial score (nSPS) is 10.8. The van der Waals surface area contributed by atoms with Gasteiger partial charge in [-0.1, -0.05) is 48.0 Å². The molecule has 0 radical (unpaired) electrons. The highest BCUT2D eigenvalue weighted by molar-refractivity contribution is 9.10. The number of aryl methyl sites for hydroxylation is 1. The maximum Gasteiger partial charge on any atom is 0.114 e. The van der Waals surface area contributed by atoms with Crippen molar-refractivity contribution in [2.75, 3.05) is 6.26 Å². The first-order chi connectivity index (χ1) is 10.2. The van der Waals surface area contributed by atoms with Crippen molar-refractivity contribution >= 4 is 27.7 Å². The fraction of sp³-hybridized carbons (Fsp3) is 0.118. The van der Waals surface area contributed by atoms with E-state index in [2.05, 4.69) is 65.5 Å². The lowest BCUT2D eigenvalue weighted by molar-refractivity contribution is 0.805. The maximum absolute atomic E-state index is 4.80. The molecule has 3 rings (SSSR count). The Morgan fingerprint density at radius 2 is 1.67 bits per heavy atom. The molecule has 2 nitrogen and oxygen atoms in total. The van der Waals surface area contributed by atoms with Gasteiger partial charge in [-0.15, -0.1) is 11.8 Å². The molecule has 0 aliphatic rings. The lowest BCUT2D eigenvalue weighted by Gasteiger charge is -2.04. The summed E-state index contributed by atoms with van der Waals surface area (Å²) in [6, 6.07) is 18.7. The third-order valence-electron chi connectivity index (χ3n) is 3.31. The highest BCUT2D eigenvalue weighted by atomic mass is 79.9. The van der Waals surface area contributed by atoms with Gasteiger partial charge in [0.05, 0.1) is 10.2 Å². The van der Waals surface area contributed by atoms with Crippen molar-refractivity contribution in [3.05, 3.63) is 64.6 Å². The summed E-state index contributed by atoms with van der Waals surface area (Å²) >= 11 is 5.40. The van der Waals surface area contributed by atoms with Gasteiger partial charge in [-0.2, -0.15) is 5.10 Å². The molecule has 0 fully saturated rings. The Balaban J connectivity index is 2.16. The van der Waals surface area contributed by atoms with Gasteiger partial charge in [-0.3, -0.25) is 0 Å². The summed E-state index contributed by atoms with van der Waals surface area (Å²) in [7, 11) is 0. The number of halogens is 1. The largest absolute Gasteiger partial charge is 0.225 e. The van der Waals surface area contributed by atoms with Crippen LogP contribution in [0.4, 0.5) is 0 Å². The van der Waals surface area contributed by atoms with Gasteiger partial charge < -0.3 is 0 Å². The maximum atomic E-state index is 4.80. The van der Waals surface area contributed by atoms with Gasteiger partial charge in [0.15, 0.2) is 0 Å². The molecule has 0 saturated heterocycles. The Kier molecular flexibility index (Phi) is 4.17. The van der Waals surface area contributed by atoms with Crippen LogP contribution in [0.2, 0.25) is 0 Å². The Bertz CT molecular complexity index is 748. The van der Waals surface area contributed by atoms with E-state index in [1.807, 2.05) is 22.9 Å². The third-order valence-corrected chi connectivity index (χ3v) is 5.08. The molecule has 1 aromatic heterocycles. The summed E-state index contributed by atoms with van der Waals surface area (Å²) in [5, 5.41) is 5.91. The van der Waals surface area contributed by atoms with E-state index in [1.54, 1.807) is 11.8 Å². The summed E-state index contributed by atoms with van der Waals surface area (Å²) in [5.74, 6) is 0. The van der Waals surface area contributed by atoms with Crippen molar-refractivity contribution in [1.82, 2.24) is 9.78 Å². The van der Waals surface area contributed by atoms with Gasteiger partial charge in [0.25, 0.3) is 0 Å². The predicted molar refractivity (Wildman–Crippen MR) is 93.2 cm³/mol. The number of nitrogens with zero attached hydrogens (tertiary/aromatic N) is 2. The molecule has 0 amide bonds. The predicted octanol–water partition coefficient (Wildman–Crippen LogP) is 5.33. The molecule has 106 valence electrons. The second kappa shape index (κ2) is 6.08. The van der Waals surface area contributed by atoms with Crippen LogP contribution in [0.3, 0.4) is 0 Å². The van der Waals surface area contributed by atoms with E-state index in [4.69, 9.17) is 5.10 Å². The van der Waals surface area contributed by atoms with Crippen molar-refractivity contribution < 1.29 is 0 Å². The van der Waals surface area contributed by atoms with Gasteiger partial charge in [-0.05, 0) is 41.2 Å². The highest BCUT2D eigenvalue weighted by Crippen LogP contribution is 2.36. The number of para-hydroxylation sites is 1. The molecule has 21 heavy (non-hydrogen) atoms. The quantitative estimate of drug-likeness (QED) is 0.588. The zero-order valence-electron chi connectivity index (χ0n) is 11.9. The number of benzene rings is 2. The molecule has 0 aliphatic heterocycles. The molecule has 0 bridgehead atoms. The third kappa shape index (κ3) is 2.78. The zero-order chi connectivity index (χ0) is 14.8. The van der Waals surface area contributed by atoms with Gasteiger partial charge in [-0.25, -0.2) is 4.68 Å².